The fourth-order valence-electron chi connectivity index (χ4n) is 1.87. The number of methoxy groups -OCH3 is 1. The predicted octanol–water partition coefficient (Wildman–Crippen LogP) is 2.74. The van der Waals surface area contributed by atoms with Gasteiger partial charge in [-0.25, -0.2) is 0 Å². The highest BCUT2D eigenvalue weighted by Gasteiger charge is 2.36. The Balaban J connectivity index is 2.11. The van der Waals surface area contributed by atoms with Gasteiger partial charge in [0.2, 0.25) is 0 Å². The number of hydrogen-bond acceptors (Lipinski definition) is 3. The molecule has 1 saturated carbocycles. The number of nitrogens with one attached hydrogen (secondary N) is 1. The fraction of sp³-hybridized carbons (Fsp3) is 0.571. The smallest absolute Gasteiger partial charge is 0.165 e. The van der Waals surface area contributed by atoms with Crippen LogP contribution in [0.1, 0.15) is 32.3 Å². The molecule has 0 saturated heterocycles. The lowest BCUT2D eigenvalue weighted by Crippen LogP contribution is -2.27. The van der Waals surface area contributed by atoms with E-state index >= 15 is 0 Å². The van der Waals surface area contributed by atoms with E-state index < -0.39 is 0 Å². The molecule has 0 spiro atoms. The van der Waals surface area contributed by atoms with E-state index in [0.717, 1.165) is 23.6 Å². The van der Waals surface area contributed by atoms with Gasteiger partial charge in [0.1, 0.15) is 0 Å². The predicted molar refractivity (Wildman–Crippen MR) is 68.6 cm³/mol. The first-order valence-corrected chi connectivity index (χ1v) is 6.22. The third kappa shape index (κ3) is 2.91. The maximum Gasteiger partial charge on any atom is 0.165 e. The Kier molecular flexibility index (Phi) is 3.57. The normalized spacial score (nSPS) is 16.6. The zero-order valence-corrected chi connectivity index (χ0v) is 10.9. The van der Waals surface area contributed by atoms with Crippen LogP contribution in [0.2, 0.25) is 0 Å². The Labute approximate surface area is 103 Å². The third-order valence-electron chi connectivity index (χ3n) is 3.27. The van der Waals surface area contributed by atoms with Crippen molar-refractivity contribution in [2.24, 2.45) is 0 Å². The monoisotopic (exact) mass is 235 g/mol. The van der Waals surface area contributed by atoms with Crippen molar-refractivity contribution < 1.29 is 9.47 Å². The summed E-state index contributed by atoms with van der Waals surface area (Å²) in [6.07, 6.45) is 2.53. The SMILES string of the molecule is CCOc1cccc(CNC2(C)CC2)c1OC. The highest BCUT2D eigenvalue weighted by atomic mass is 16.5. The van der Waals surface area contributed by atoms with Gasteiger partial charge in [0.25, 0.3) is 0 Å². The molecule has 0 unspecified atom stereocenters. The molecule has 17 heavy (non-hydrogen) atoms. The standard InChI is InChI=1S/C14H21NO2/c1-4-17-12-7-5-6-11(13(12)16-3)10-15-14(2)8-9-14/h5-7,15H,4,8-10H2,1-3H3. The van der Waals surface area contributed by atoms with E-state index in [-0.39, 0.29) is 0 Å². The molecule has 1 fully saturated rings. The molecule has 0 bridgehead atoms. The molecule has 0 radical (unpaired) electrons. The molecule has 2 rings (SSSR count). The molecule has 0 aromatic heterocycles. The highest BCUT2D eigenvalue weighted by molar-refractivity contribution is 5.46. The molecule has 1 aromatic carbocycles. The highest BCUT2D eigenvalue weighted by Crippen LogP contribution is 2.36. The van der Waals surface area contributed by atoms with Crippen LogP contribution in [0.3, 0.4) is 0 Å². The van der Waals surface area contributed by atoms with Crippen LogP contribution in [0.5, 0.6) is 11.5 Å². The van der Waals surface area contributed by atoms with Crippen LogP contribution in [0.25, 0.3) is 0 Å². The van der Waals surface area contributed by atoms with Gasteiger partial charge in [-0.15, -0.1) is 0 Å². The minimum absolute atomic E-state index is 0.340. The summed E-state index contributed by atoms with van der Waals surface area (Å²) in [5.74, 6) is 1.68. The molecular weight excluding hydrogens is 214 g/mol. The second-order valence-electron chi connectivity index (χ2n) is 4.80. The molecule has 0 aliphatic heterocycles. The lowest BCUT2D eigenvalue weighted by Gasteiger charge is -2.16. The van der Waals surface area contributed by atoms with E-state index in [2.05, 4.69) is 18.3 Å². The van der Waals surface area contributed by atoms with Gasteiger partial charge in [0, 0.05) is 17.6 Å². The van der Waals surface area contributed by atoms with Crippen molar-refractivity contribution in [3.8, 4) is 11.5 Å². The summed E-state index contributed by atoms with van der Waals surface area (Å²) in [5, 5.41) is 3.56. The number of para-hydroxylation sites is 1. The van der Waals surface area contributed by atoms with E-state index in [9.17, 15) is 0 Å². The van der Waals surface area contributed by atoms with Gasteiger partial charge >= 0.3 is 0 Å². The maximum atomic E-state index is 5.56. The van der Waals surface area contributed by atoms with E-state index in [0.29, 0.717) is 12.1 Å². The van der Waals surface area contributed by atoms with Crippen molar-refractivity contribution in [3.63, 3.8) is 0 Å². The largest absolute Gasteiger partial charge is 0.493 e. The van der Waals surface area contributed by atoms with Crippen molar-refractivity contribution >= 4 is 0 Å². The Bertz CT molecular complexity index is 386. The van der Waals surface area contributed by atoms with Crippen LogP contribution in [0.15, 0.2) is 18.2 Å². The number of benzene rings is 1. The zero-order valence-electron chi connectivity index (χ0n) is 10.9. The molecule has 3 heteroatoms. The van der Waals surface area contributed by atoms with Crippen LogP contribution in [0.4, 0.5) is 0 Å². The van der Waals surface area contributed by atoms with Crippen molar-refractivity contribution in [2.45, 2.75) is 38.8 Å². The van der Waals surface area contributed by atoms with Crippen molar-refractivity contribution in [1.29, 1.82) is 0 Å². The first kappa shape index (κ1) is 12.2. The lowest BCUT2D eigenvalue weighted by atomic mass is 10.1. The van der Waals surface area contributed by atoms with Crippen LogP contribution in [-0.2, 0) is 6.54 Å². The molecule has 94 valence electrons. The van der Waals surface area contributed by atoms with Crippen LogP contribution < -0.4 is 14.8 Å². The molecule has 1 aliphatic carbocycles. The maximum absolute atomic E-state index is 5.56. The zero-order chi connectivity index (χ0) is 12.3. The average molecular weight is 235 g/mol. The molecule has 0 atom stereocenters. The van der Waals surface area contributed by atoms with Gasteiger partial charge < -0.3 is 14.8 Å². The van der Waals surface area contributed by atoms with Gasteiger partial charge in [-0.3, -0.25) is 0 Å². The summed E-state index contributed by atoms with van der Waals surface area (Å²) in [5.41, 5.74) is 1.50. The molecule has 0 amide bonds. The molecular formula is C14H21NO2. The van der Waals surface area contributed by atoms with Crippen molar-refractivity contribution in [3.05, 3.63) is 23.8 Å². The summed E-state index contributed by atoms with van der Waals surface area (Å²) < 4.78 is 11.0. The van der Waals surface area contributed by atoms with Crippen LogP contribution in [-0.4, -0.2) is 19.3 Å². The van der Waals surface area contributed by atoms with E-state index in [1.807, 2.05) is 19.1 Å². The van der Waals surface area contributed by atoms with E-state index in [1.165, 1.54) is 12.8 Å². The number of ether oxygens (including phenoxy) is 2. The van der Waals surface area contributed by atoms with Gasteiger partial charge in [-0.1, -0.05) is 12.1 Å². The molecule has 1 N–H and O–H groups in total. The van der Waals surface area contributed by atoms with Crippen LogP contribution >= 0.6 is 0 Å². The Morgan fingerprint density at radius 3 is 2.71 bits per heavy atom. The molecule has 0 heterocycles. The van der Waals surface area contributed by atoms with E-state index in [4.69, 9.17) is 9.47 Å². The lowest BCUT2D eigenvalue weighted by molar-refractivity contribution is 0.308. The van der Waals surface area contributed by atoms with Crippen molar-refractivity contribution in [1.82, 2.24) is 5.32 Å². The summed E-state index contributed by atoms with van der Waals surface area (Å²) in [6.45, 7) is 5.73. The summed E-state index contributed by atoms with van der Waals surface area (Å²) in [6, 6.07) is 6.05. The molecule has 1 aromatic rings. The molecule has 1 aliphatic rings. The minimum Gasteiger partial charge on any atom is -0.493 e. The summed E-state index contributed by atoms with van der Waals surface area (Å²) in [7, 11) is 1.69. The number of rotatable bonds is 6. The summed E-state index contributed by atoms with van der Waals surface area (Å²) in [4.78, 5) is 0. The Morgan fingerprint density at radius 2 is 2.12 bits per heavy atom. The number of hydrogen-bond donors (Lipinski definition) is 1. The van der Waals surface area contributed by atoms with Gasteiger partial charge in [0.15, 0.2) is 11.5 Å². The topological polar surface area (TPSA) is 30.5 Å². The first-order valence-electron chi connectivity index (χ1n) is 6.22. The first-order chi connectivity index (χ1) is 8.18. The van der Waals surface area contributed by atoms with Crippen LogP contribution in [0, 0.1) is 0 Å². The average Bonchev–Trinajstić information content (AvgIpc) is 3.06. The van der Waals surface area contributed by atoms with Crippen molar-refractivity contribution in [2.75, 3.05) is 13.7 Å². The summed E-state index contributed by atoms with van der Waals surface area (Å²) >= 11 is 0. The Hall–Kier alpha value is -1.22. The minimum atomic E-state index is 0.340. The Morgan fingerprint density at radius 1 is 1.35 bits per heavy atom. The second-order valence-corrected chi connectivity index (χ2v) is 4.80. The van der Waals surface area contributed by atoms with Gasteiger partial charge in [-0.05, 0) is 32.8 Å². The van der Waals surface area contributed by atoms with Gasteiger partial charge in [0.05, 0.1) is 13.7 Å². The second kappa shape index (κ2) is 4.96. The quantitative estimate of drug-likeness (QED) is 0.822. The van der Waals surface area contributed by atoms with Gasteiger partial charge in [-0.2, -0.15) is 0 Å². The van der Waals surface area contributed by atoms with E-state index in [1.54, 1.807) is 7.11 Å². The fourth-order valence-corrected chi connectivity index (χ4v) is 1.87. The molecule has 3 nitrogen and oxygen atoms in total. The third-order valence-corrected chi connectivity index (χ3v) is 3.27.